The minimum atomic E-state index is -3.23. The van der Waals surface area contributed by atoms with E-state index in [0.717, 1.165) is 51.4 Å². The Morgan fingerprint density at radius 3 is 0.896 bits per heavy atom. The molecule has 0 aliphatic rings. The second-order valence-corrected chi connectivity index (χ2v) is 17.2. The molecule has 14 heteroatoms. The third-order valence-electron chi connectivity index (χ3n) is 8.35. The van der Waals surface area contributed by atoms with E-state index in [9.17, 15) is 9.13 Å². The lowest BCUT2D eigenvalue weighted by molar-refractivity contribution is 0.186. The van der Waals surface area contributed by atoms with Gasteiger partial charge >= 0.3 is 15.2 Å². The molecule has 0 saturated carbocycles. The number of rotatable bonds is 39. The molecular weight excluding hydrogens is 650 g/mol. The third-order valence-corrected chi connectivity index (χ3v) is 12.1. The van der Waals surface area contributed by atoms with E-state index >= 15 is 0 Å². The summed E-state index contributed by atoms with van der Waals surface area (Å²) in [6, 6.07) is 0. The van der Waals surface area contributed by atoms with E-state index in [0.29, 0.717) is 104 Å². The minimum absolute atomic E-state index is 0.332. The maximum Gasteiger partial charge on any atom is 0.331 e. The lowest BCUT2D eigenvalue weighted by Gasteiger charge is -2.24. The Kier molecular flexibility index (Phi) is 34.2. The van der Waals surface area contributed by atoms with Crippen LogP contribution in [0.3, 0.4) is 0 Å². The van der Waals surface area contributed by atoms with Gasteiger partial charge in [0.1, 0.15) is 0 Å². The maximum absolute atomic E-state index is 13.7. The molecule has 0 aliphatic carbocycles. The Morgan fingerprint density at radius 2 is 0.646 bits per heavy atom. The van der Waals surface area contributed by atoms with Gasteiger partial charge in [0, 0.05) is 65.4 Å². The molecule has 0 aliphatic heterocycles. The highest BCUT2D eigenvalue weighted by Crippen LogP contribution is 2.49. The largest absolute Gasteiger partial charge is 0.331 e. The summed E-state index contributed by atoms with van der Waals surface area (Å²) in [5.41, 5.74) is 23.0. The molecule has 0 aromatic rings. The van der Waals surface area contributed by atoms with Crippen LogP contribution in [0.25, 0.3) is 0 Å². The van der Waals surface area contributed by atoms with Crippen molar-refractivity contribution in [2.75, 3.05) is 104 Å². The molecule has 0 aromatic carbocycles. The van der Waals surface area contributed by atoms with Crippen LogP contribution >= 0.6 is 15.2 Å². The van der Waals surface area contributed by atoms with Crippen molar-refractivity contribution in [2.24, 2.45) is 22.9 Å². The summed E-state index contributed by atoms with van der Waals surface area (Å²) in [5, 5.41) is 0. The van der Waals surface area contributed by atoms with Crippen molar-refractivity contribution in [3.8, 4) is 0 Å². The predicted molar refractivity (Wildman–Crippen MR) is 203 cm³/mol. The maximum atomic E-state index is 13.7. The van der Waals surface area contributed by atoms with Crippen LogP contribution in [0.2, 0.25) is 0 Å². The van der Waals surface area contributed by atoms with Crippen molar-refractivity contribution in [2.45, 2.75) is 117 Å². The van der Waals surface area contributed by atoms with E-state index in [-0.39, 0.29) is 0 Å². The number of nitrogens with zero attached hydrogens (tertiary/aromatic N) is 2. The van der Waals surface area contributed by atoms with Gasteiger partial charge in [0.05, 0.1) is 38.8 Å². The smallest absolute Gasteiger partial charge is 0.329 e. The summed E-state index contributed by atoms with van der Waals surface area (Å²) < 4.78 is 51.1. The van der Waals surface area contributed by atoms with Gasteiger partial charge in [-0.3, -0.25) is 9.13 Å². The van der Waals surface area contributed by atoms with Crippen molar-refractivity contribution in [1.29, 1.82) is 0 Å². The van der Waals surface area contributed by atoms with E-state index in [1.54, 1.807) is 0 Å². The number of nitrogens with two attached hydrogens (primary N) is 4. The van der Waals surface area contributed by atoms with Gasteiger partial charge in [0.2, 0.25) is 0 Å². The molecule has 0 amide bonds. The summed E-state index contributed by atoms with van der Waals surface area (Å²) in [6.07, 6.45) is 17.6. The minimum Gasteiger partial charge on any atom is -0.329 e. The lowest BCUT2D eigenvalue weighted by Crippen LogP contribution is -2.36. The van der Waals surface area contributed by atoms with Crippen LogP contribution in [0.15, 0.2) is 0 Å². The highest BCUT2D eigenvalue weighted by atomic mass is 31.2. The molecule has 2 unspecified atom stereocenters. The predicted octanol–water partition coefficient (Wildman–Crippen LogP) is 6.16. The molecular formula is C34H78N6O6P2. The Bertz CT molecular complexity index is 714. The summed E-state index contributed by atoms with van der Waals surface area (Å²) in [7, 11) is -6.47. The van der Waals surface area contributed by atoms with Gasteiger partial charge in [-0.15, -0.1) is 0 Å². The van der Waals surface area contributed by atoms with E-state index < -0.39 is 15.2 Å². The van der Waals surface area contributed by atoms with Crippen molar-refractivity contribution in [1.82, 2.24) is 9.80 Å². The molecule has 0 saturated heterocycles. The SMILES string of the molecule is CCCCCCCCOP(=O)(CCN(CCN)CCN)OCCCCCCOP(=O)(CCN(CCN)CCN)OCCCCCCCC. The molecule has 0 rings (SSSR count). The van der Waals surface area contributed by atoms with Crippen LogP contribution in [0.1, 0.15) is 117 Å². The fourth-order valence-electron chi connectivity index (χ4n) is 5.40. The first-order valence-corrected chi connectivity index (χ1v) is 22.8. The highest BCUT2D eigenvalue weighted by molar-refractivity contribution is 7.54. The van der Waals surface area contributed by atoms with Crippen molar-refractivity contribution >= 4 is 15.2 Å². The molecule has 12 nitrogen and oxygen atoms in total. The van der Waals surface area contributed by atoms with Crippen LogP contribution < -0.4 is 22.9 Å². The second-order valence-electron chi connectivity index (χ2n) is 12.8. The quantitative estimate of drug-likeness (QED) is 0.0419. The summed E-state index contributed by atoms with van der Waals surface area (Å²) >= 11 is 0. The number of unbranched alkanes of at least 4 members (excludes halogenated alkanes) is 13. The van der Waals surface area contributed by atoms with Gasteiger partial charge in [-0.05, 0) is 25.7 Å². The van der Waals surface area contributed by atoms with Gasteiger partial charge in [-0.2, -0.15) is 0 Å². The molecule has 0 heterocycles. The molecule has 8 N–H and O–H groups in total. The second kappa shape index (κ2) is 34.2. The Hall–Kier alpha value is 0.0600. The van der Waals surface area contributed by atoms with Crippen LogP contribution in [0, 0.1) is 0 Å². The molecule has 2 atom stereocenters. The molecule has 0 spiro atoms. The topological polar surface area (TPSA) is 182 Å². The molecule has 290 valence electrons. The lowest BCUT2D eigenvalue weighted by atomic mass is 10.1. The van der Waals surface area contributed by atoms with Gasteiger partial charge in [-0.1, -0.05) is 90.9 Å². The standard InChI is InChI=1S/C34H78N6O6P2/c1-3-5-7-9-11-15-29-43-47(41,33-27-39(23-19-35)24-20-36)45-31-17-13-14-18-32-46-48(42,34-28-40(25-21-37)26-22-38)44-30-16-12-10-8-6-4-2/h3-38H2,1-2H3. The van der Waals surface area contributed by atoms with Gasteiger partial charge in [-0.25, -0.2) is 0 Å². The van der Waals surface area contributed by atoms with Crippen molar-refractivity contribution in [3.05, 3.63) is 0 Å². The average Bonchev–Trinajstić information content (AvgIpc) is 3.07. The van der Waals surface area contributed by atoms with E-state index in [1.807, 2.05) is 0 Å². The molecule has 0 radical (unpaired) electrons. The van der Waals surface area contributed by atoms with Crippen LogP contribution in [-0.2, 0) is 27.2 Å². The molecule has 0 fully saturated rings. The first-order valence-electron chi connectivity index (χ1n) is 19.3. The number of hydrogen-bond donors (Lipinski definition) is 4. The van der Waals surface area contributed by atoms with Crippen molar-refractivity contribution < 1.29 is 27.2 Å². The van der Waals surface area contributed by atoms with Gasteiger partial charge < -0.3 is 50.8 Å². The summed E-state index contributed by atoms with van der Waals surface area (Å²) in [4.78, 5) is 4.24. The fourth-order valence-corrected chi connectivity index (χ4v) is 8.75. The Labute approximate surface area is 295 Å². The van der Waals surface area contributed by atoms with Crippen LogP contribution in [0.4, 0.5) is 0 Å². The summed E-state index contributed by atoms with van der Waals surface area (Å²) in [5.74, 6) is 0. The van der Waals surface area contributed by atoms with E-state index in [4.69, 9.17) is 41.0 Å². The first-order chi connectivity index (χ1) is 23.3. The fraction of sp³-hybridized carbons (Fsp3) is 1.00. The molecule has 0 aromatic heterocycles. The molecule has 48 heavy (non-hydrogen) atoms. The monoisotopic (exact) mass is 729 g/mol. The van der Waals surface area contributed by atoms with Gasteiger partial charge in [0.25, 0.3) is 0 Å². The summed E-state index contributed by atoms with van der Waals surface area (Å²) in [6.45, 7) is 12.1. The Balaban J connectivity index is 4.75. The van der Waals surface area contributed by atoms with Crippen LogP contribution in [0.5, 0.6) is 0 Å². The zero-order chi connectivity index (χ0) is 35.6. The zero-order valence-corrected chi connectivity index (χ0v) is 33.0. The van der Waals surface area contributed by atoms with E-state index in [1.165, 1.54) is 51.4 Å². The van der Waals surface area contributed by atoms with Crippen LogP contribution in [-0.4, -0.2) is 114 Å². The third kappa shape index (κ3) is 28.7. The number of hydrogen-bond acceptors (Lipinski definition) is 12. The van der Waals surface area contributed by atoms with Crippen molar-refractivity contribution in [3.63, 3.8) is 0 Å². The highest BCUT2D eigenvalue weighted by Gasteiger charge is 2.26. The zero-order valence-electron chi connectivity index (χ0n) is 31.2. The van der Waals surface area contributed by atoms with E-state index in [2.05, 4.69) is 23.6 Å². The van der Waals surface area contributed by atoms with Gasteiger partial charge in [0.15, 0.2) is 0 Å². The normalized spacial score (nSPS) is 14.6. The average molecular weight is 729 g/mol. The first kappa shape index (κ1) is 48.1. The Morgan fingerprint density at radius 1 is 0.396 bits per heavy atom. The molecule has 0 bridgehead atoms.